The molecular weight excluding hydrogens is 307 g/mol. The van der Waals surface area contributed by atoms with E-state index in [1.807, 2.05) is 0 Å². The minimum atomic E-state index is -4.38. The van der Waals surface area contributed by atoms with Gasteiger partial charge in [0.15, 0.2) is 4.90 Å². The van der Waals surface area contributed by atoms with Gasteiger partial charge < -0.3 is 5.11 Å². The molecule has 114 valence electrons. The first kappa shape index (κ1) is 15.3. The highest BCUT2D eigenvalue weighted by Gasteiger charge is 2.42. The van der Waals surface area contributed by atoms with E-state index in [0.29, 0.717) is 16.8 Å². The third-order valence-electron chi connectivity index (χ3n) is 3.19. The van der Waals surface area contributed by atoms with E-state index >= 15 is 0 Å². The molecular formula is C11H11FN2O6S. The standard InChI is InChI=1S/C11H11FN2O6S/c12-7-3-4-10(9(6-7)14(17)18)21(19,20)13-5-1-2-8(13)11(15)16/h3-4,6,8H,1-2,5H2,(H,15,16). The van der Waals surface area contributed by atoms with Crippen LogP contribution in [0.3, 0.4) is 0 Å². The Balaban J connectivity index is 2.54. The van der Waals surface area contributed by atoms with Gasteiger partial charge >= 0.3 is 5.97 Å². The third-order valence-corrected chi connectivity index (χ3v) is 5.15. The van der Waals surface area contributed by atoms with Crippen molar-refractivity contribution in [1.82, 2.24) is 4.31 Å². The van der Waals surface area contributed by atoms with Crippen molar-refractivity contribution in [3.8, 4) is 0 Å². The summed E-state index contributed by atoms with van der Waals surface area (Å²) in [5, 5.41) is 19.9. The molecule has 1 heterocycles. The summed E-state index contributed by atoms with van der Waals surface area (Å²) < 4.78 is 38.6. The van der Waals surface area contributed by atoms with E-state index in [-0.39, 0.29) is 13.0 Å². The second kappa shape index (κ2) is 5.37. The number of benzene rings is 1. The Labute approximate surface area is 119 Å². The Bertz CT molecular complexity index is 705. The molecule has 0 saturated carbocycles. The molecule has 21 heavy (non-hydrogen) atoms. The number of rotatable bonds is 4. The summed E-state index contributed by atoms with van der Waals surface area (Å²) in [4.78, 5) is 20.2. The number of sulfonamides is 1. The van der Waals surface area contributed by atoms with Crippen molar-refractivity contribution in [1.29, 1.82) is 0 Å². The van der Waals surface area contributed by atoms with E-state index in [9.17, 15) is 27.7 Å². The highest BCUT2D eigenvalue weighted by molar-refractivity contribution is 7.89. The van der Waals surface area contributed by atoms with Crippen LogP contribution in [0.5, 0.6) is 0 Å². The van der Waals surface area contributed by atoms with Crippen LogP contribution in [0.2, 0.25) is 0 Å². The fourth-order valence-corrected chi connectivity index (χ4v) is 4.04. The van der Waals surface area contributed by atoms with Crippen LogP contribution in [0.25, 0.3) is 0 Å². The zero-order chi connectivity index (χ0) is 15.8. The second-order valence-corrected chi connectivity index (χ2v) is 6.34. The summed E-state index contributed by atoms with van der Waals surface area (Å²) in [5.74, 6) is -2.27. The van der Waals surface area contributed by atoms with E-state index in [2.05, 4.69) is 0 Å². The molecule has 1 aromatic rings. The van der Waals surface area contributed by atoms with Crippen molar-refractivity contribution >= 4 is 21.7 Å². The van der Waals surface area contributed by atoms with Crippen molar-refractivity contribution in [2.24, 2.45) is 0 Å². The molecule has 10 heteroatoms. The molecule has 8 nitrogen and oxygen atoms in total. The van der Waals surface area contributed by atoms with Crippen LogP contribution in [-0.4, -0.2) is 41.3 Å². The number of carbonyl (C=O) groups is 1. The highest BCUT2D eigenvalue weighted by Crippen LogP contribution is 2.31. The highest BCUT2D eigenvalue weighted by atomic mass is 32.2. The number of hydrogen-bond donors (Lipinski definition) is 1. The van der Waals surface area contributed by atoms with Gasteiger partial charge in [-0.2, -0.15) is 4.31 Å². The predicted octanol–water partition coefficient (Wildman–Crippen LogP) is 0.972. The molecule has 1 aliphatic heterocycles. The van der Waals surface area contributed by atoms with Gasteiger partial charge in [0.1, 0.15) is 11.9 Å². The summed E-state index contributed by atoms with van der Waals surface area (Å²) >= 11 is 0. The van der Waals surface area contributed by atoms with Gasteiger partial charge in [-0.1, -0.05) is 0 Å². The van der Waals surface area contributed by atoms with Crippen molar-refractivity contribution < 1.29 is 27.6 Å². The largest absolute Gasteiger partial charge is 0.480 e. The molecule has 0 aliphatic carbocycles. The number of halogens is 1. The minimum Gasteiger partial charge on any atom is -0.480 e. The molecule has 1 N–H and O–H groups in total. The quantitative estimate of drug-likeness (QED) is 0.653. The molecule has 1 atom stereocenters. The lowest BCUT2D eigenvalue weighted by atomic mass is 10.2. The van der Waals surface area contributed by atoms with Crippen LogP contribution in [-0.2, 0) is 14.8 Å². The Hall–Kier alpha value is -2.07. The maximum atomic E-state index is 13.1. The van der Waals surface area contributed by atoms with E-state index in [4.69, 9.17) is 5.11 Å². The first-order chi connectivity index (χ1) is 9.75. The van der Waals surface area contributed by atoms with Crippen molar-refractivity contribution in [3.05, 3.63) is 34.1 Å². The molecule has 1 aromatic carbocycles. The molecule has 1 aliphatic rings. The smallest absolute Gasteiger partial charge is 0.322 e. The van der Waals surface area contributed by atoms with Crippen molar-refractivity contribution in [2.45, 2.75) is 23.8 Å². The number of carboxylic acid groups (broad SMARTS) is 1. The number of aliphatic carboxylic acids is 1. The fourth-order valence-electron chi connectivity index (χ4n) is 2.25. The number of nitro benzene ring substituents is 1. The molecule has 2 rings (SSSR count). The number of nitrogens with zero attached hydrogens (tertiary/aromatic N) is 2. The van der Waals surface area contributed by atoms with Crippen LogP contribution >= 0.6 is 0 Å². The zero-order valence-electron chi connectivity index (χ0n) is 10.6. The first-order valence-corrected chi connectivity index (χ1v) is 7.37. The van der Waals surface area contributed by atoms with Crippen LogP contribution in [0.4, 0.5) is 10.1 Å². The van der Waals surface area contributed by atoms with Gasteiger partial charge in [0.05, 0.1) is 11.0 Å². The van der Waals surface area contributed by atoms with Gasteiger partial charge in [0, 0.05) is 6.54 Å². The normalized spacial score (nSPS) is 19.6. The summed E-state index contributed by atoms with van der Waals surface area (Å²) in [7, 11) is -4.38. The summed E-state index contributed by atoms with van der Waals surface area (Å²) in [6, 6.07) is 0.796. The monoisotopic (exact) mass is 318 g/mol. The fraction of sp³-hybridized carbons (Fsp3) is 0.364. The maximum absolute atomic E-state index is 13.1. The van der Waals surface area contributed by atoms with E-state index in [1.165, 1.54) is 0 Å². The van der Waals surface area contributed by atoms with Crippen molar-refractivity contribution in [3.63, 3.8) is 0 Å². The van der Waals surface area contributed by atoms with Gasteiger partial charge in [0.2, 0.25) is 0 Å². The Morgan fingerprint density at radius 2 is 2.14 bits per heavy atom. The predicted molar refractivity (Wildman–Crippen MR) is 67.6 cm³/mol. The van der Waals surface area contributed by atoms with E-state index < -0.39 is 43.4 Å². The van der Waals surface area contributed by atoms with Gasteiger partial charge in [-0.3, -0.25) is 14.9 Å². The number of carboxylic acids is 1. The van der Waals surface area contributed by atoms with Gasteiger partial charge in [-0.25, -0.2) is 12.8 Å². The Morgan fingerprint density at radius 3 is 2.71 bits per heavy atom. The summed E-state index contributed by atoms with van der Waals surface area (Å²) in [5.41, 5.74) is -0.911. The van der Waals surface area contributed by atoms with Crippen LogP contribution in [0, 0.1) is 15.9 Å². The third kappa shape index (κ3) is 2.72. The van der Waals surface area contributed by atoms with Crippen LogP contribution in [0.1, 0.15) is 12.8 Å². The SMILES string of the molecule is O=C(O)C1CCCN1S(=O)(=O)c1ccc(F)cc1[N+](=O)[O-]. The van der Waals surface area contributed by atoms with Gasteiger partial charge in [-0.05, 0) is 25.0 Å². The molecule has 0 radical (unpaired) electrons. The minimum absolute atomic E-state index is 0.0478. The van der Waals surface area contributed by atoms with E-state index in [1.54, 1.807) is 0 Å². The van der Waals surface area contributed by atoms with E-state index in [0.717, 1.165) is 12.1 Å². The van der Waals surface area contributed by atoms with Crippen molar-refractivity contribution in [2.75, 3.05) is 6.54 Å². The molecule has 1 unspecified atom stereocenters. The molecule has 0 spiro atoms. The molecule has 0 aromatic heterocycles. The molecule has 1 fully saturated rings. The topological polar surface area (TPSA) is 118 Å². The maximum Gasteiger partial charge on any atom is 0.322 e. The number of hydrogen-bond acceptors (Lipinski definition) is 5. The average Bonchev–Trinajstić information content (AvgIpc) is 2.88. The Morgan fingerprint density at radius 1 is 1.48 bits per heavy atom. The zero-order valence-corrected chi connectivity index (χ0v) is 11.4. The lowest BCUT2D eigenvalue weighted by Crippen LogP contribution is -2.40. The van der Waals surface area contributed by atoms with Gasteiger partial charge in [0.25, 0.3) is 15.7 Å². The Kier molecular flexibility index (Phi) is 3.92. The molecule has 0 bridgehead atoms. The summed E-state index contributed by atoms with van der Waals surface area (Å²) in [6.45, 7) is -0.0478. The second-order valence-electron chi connectivity index (χ2n) is 4.48. The van der Waals surface area contributed by atoms with Crippen LogP contribution in [0.15, 0.2) is 23.1 Å². The van der Waals surface area contributed by atoms with Crippen LogP contribution < -0.4 is 0 Å². The lowest BCUT2D eigenvalue weighted by Gasteiger charge is -2.20. The summed E-state index contributed by atoms with van der Waals surface area (Å²) in [6.07, 6.45) is 0.467. The number of nitro groups is 1. The average molecular weight is 318 g/mol. The molecule has 0 amide bonds. The lowest BCUT2D eigenvalue weighted by molar-refractivity contribution is -0.388. The van der Waals surface area contributed by atoms with Gasteiger partial charge in [-0.15, -0.1) is 0 Å². The molecule has 1 saturated heterocycles. The first-order valence-electron chi connectivity index (χ1n) is 5.93.